The van der Waals surface area contributed by atoms with Gasteiger partial charge >= 0.3 is 6.18 Å². The predicted octanol–water partition coefficient (Wildman–Crippen LogP) is 3.63. The average molecular weight is 385 g/mol. The first-order valence-electron chi connectivity index (χ1n) is 8.20. The third kappa shape index (κ3) is 3.36. The van der Waals surface area contributed by atoms with Crippen molar-refractivity contribution in [2.24, 2.45) is 0 Å². The minimum absolute atomic E-state index is 0.0187. The Hall–Kier alpha value is -1.90. The van der Waals surface area contributed by atoms with Gasteiger partial charge in [-0.1, -0.05) is 17.7 Å². The van der Waals surface area contributed by atoms with Gasteiger partial charge in [0.25, 0.3) is 0 Å². The number of ether oxygens (including phenoxy) is 1. The van der Waals surface area contributed by atoms with Crippen LogP contribution in [0.15, 0.2) is 24.5 Å². The molecule has 0 bridgehead atoms. The summed E-state index contributed by atoms with van der Waals surface area (Å²) >= 11 is 6.10. The van der Waals surface area contributed by atoms with Crippen LogP contribution in [0, 0.1) is 0 Å². The van der Waals surface area contributed by atoms with Crippen molar-refractivity contribution in [1.29, 1.82) is 0 Å². The number of hydrogen-bond acceptors (Lipinski definition) is 4. The molecule has 0 amide bonds. The molecule has 26 heavy (non-hydrogen) atoms. The second-order valence-corrected chi connectivity index (χ2v) is 6.66. The lowest BCUT2D eigenvalue weighted by atomic mass is 10.1. The molecule has 0 atom stereocenters. The van der Waals surface area contributed by atoms with E-state index in [-0.39, 0.29) is 10.7 Å². The Kier molecular flexibility index (Phi) is 4.50. The van der Waals surface area contributed by atoms with Crippen LogP contribution in [-0.2, 0) is 17.8 Å². The number of aromatic nitrogens is 3. The van der Waals surface area contributed by atoms with Gasteiger partial charge in [-0.05, 0) is 17.7 Å². The van der Waals surface area contributed by atoms with Gasteiger partial charge in [-0.2, -0.15) is 13.2 Å². The maximum absolute atomic E-state index is 13.1. The zero-order valence-corrected chi connectivity index (χ0v) is 14.5. The van der Waals surface area contributed by atoms with E-state index in [0.29, 0.717) is 36.2 Å². The fourth-order valence-corrected chi connectivity index (χ4v) is 3.62. The number of fused-ring (bicyclic) bond motifs is 3. The topological polar surface area (TPSA) is 43.2 Å². The summed E-state index contributed by atoms with van der Waals surface area (Å²) < 4.78 is 45.7. The van der Waals surface area contributed by atoms with Crippen molar-refractivity contribution < 1.29 is 17.9 Å². The van der Waals surface area contributed by atoms with Crippen molar-refractivity contribution in [3.8, 4) is 0 Å². The molecule has 1 aliphatic heterocycles. The van der Waals surface area contributed by atoms with Gasteiger partial charge in [-0.15, -0.1) is 0 Å². The van der Waals surface area contributed by atoms with Gasteiger partial charge in [0.15, 0.2) is 5.15 Å². The Morgan fingerprint density at radius 1 is 1.15 bits per heavy atom. The molecule has 2 aromatic heterocycles. The molecule has 0 unspecified atom stereocenters. The van der Waals surface area contributed by atoms with Gasteiger partial charge in [0.1, 0.15) is 23.9 Å². The van der Waals surface area contributed by atoms with E-state index in [1.54, 1.807) is 6.07 Å². The summed E-state index contributed by atoms with van der Waals surface area (Å²) in [5.41, 5.74) is 2.11. The summed E-state index contributed by atoms with van der Waals surface area (Å²) in [7, 11) is 0. The Labute approximate surface area is 152 Å². The molecule has 0 spiro atoms. The van der Waals surface area contributed by atoms with E-state index in [1.165, 1.54) is 6.33 Å². The molecule has 1 saturated heterocycles. The minimum atomic E-state index is -4.37. The lowest BCUT2D eigenvalue weighted by molar-refractivity contribution is -0.139. The van der Waals surface area contributed by atoms with Crippen molar-refractivity contribution in [1.82, 2.24) is 19.4 Å². The number of rotatable bonds is 3. The van der Waals surface area contributed by atoms with Crippen LogP contribution in [-0.4, -0.2) is 51.9 Å². The van der Waals surface area contributed by atoms with Crippen LogP contribution >= 0.6 is 11.6 Å². The van der Waals surface area contributed by atoms with Crippen molar-refractivity contribution in [2.75, 3.05) is 26.3 Å². The summed E-state index contributed by atoms with van der Waals surface area (Å²) in [5.74, 6) is 0. The number of morpholine rings is 1. The molecular weight excluding hydrogens is 369 g/mol. The largest absolute Gasteiger partial charge is 0.406 e. The van der Waals surface area contributed by atoms with Crippen LogP contribution in [0.4, 0.5) is 13.2 Å². The second-order valence-electron chi connectivity index (χ2n) is 6.30. The average Bonchev–Trinajstić information content (AvgIpc) is 2.89. The molecule has 5 nitrogen and oxygen atoms in total. The SMILES string of the molecule is FC(F)(F)Cn1c2ccc(CN3CCOCC3)cc2c2ncnc(Cl)c21. The summed E-state index contributed by atoms with van der Waals surface area (Å²) in [4.78, 5) is 10.3. The molecule has 9 heteroatoms. The van der Waals surface area contributed by atoms with E-state index in [9.17, 15) is 13.2 Å². The molecule has 0 saturated carbocycles. The van der Waals surface area contributed by atoms with Gasteiger partial charge in [0.05, 0.1) is 18.7 Å². The Morgan fingerprint density at radius 2 is 1.92 bits per heavy atom. The van der Waals surface area contributed by atoms with E-state index in [2.05, 4.69) is 14.9 Å². The number of nitrogens with zero attached hydrogens (tertiary/aromatic N) is 4. The van der Waals surface area contributed by atoms with Crippen molar-refractivity contribution in [3.05, 3.63) is 35.2 Å². The van der Waals surface area contributed by atoms with Crippen LogP contribution in [0.5, 0.6) is 0 Å². The molecule has 0 radical (unpaired) electrons. The monoisotopic (exact) mass is 384 g/mol. The number of benzene rings is 1. The first-order chi connectivity index (χ1) is 12.4. The highest BCUT2D eigenvalue weighted by molar-refractivity contribution is 6.34. The van der Waals surface area contributed by atoms with Crippen LogP contribution in [0.1, 0.15) is 5.56 Å². The van der Waals surface area contributed by atoms with Gasteiger partial charge in [-0.25, -0.2) is 9.97 Å². The van der Waals surface area contributed by atoms with Crippen molar-refractivity contribution in [3.63, 3.8) is 0 Å². The van der Waals surface area contributed by atoms with Gasteiger partial charge < -0.3 is 9.30 Å². The summed E-state index contributed by atoms with van der Waals surface area (Å²) in [6, 6.07) is 5.45. The van der Waals surface area contributed by atoms with Crippen LogP contribution < -0.4 is 0 Å². The van der Waals surface area contributed by atoms with E-state index in [1.807, 2.05) is 12.1 Å². The van der Waals surface area contributed by atoms with Gasteiger partial charge in [-0.3, -0.25) is 4.90 Å². The van der Waals surface area contributed by atoms with Crippen molar-refractivity contribution in [2.45, 2.75) is 19.3 Å². The maximum atomic E-state index is 13.1. The first-order valence-corrected chi connectivity index (χ1v) is 8.58. The summed E-state index contributed by atoms with van der Waals surface area (Å²) in [6.45, 7) is 2.63. The van der Waals surface area contributed by atoms with E-state index >= 15 is 0 Å². The van der Waals surface area contributed by atoms with E-state index < -0.39 is 12.7 Å². The summed E-state index contributed by atoms with van der Waals surface area (Å²) in [6.07, 6.45) is -3.10. The molecule has 0 N–H and O–H groups in total. The zero-order chi connectivity index (χ0) is 18.3. The number of hydrogen-bond donors (Lipinski definition) is 0. The van der Waals surface area contributed by atoms with Crippen LogP contribution in [0.2, 0.25) is 5.15 Å². The molecular formula is C17H16ClF3N4O. The number of alkyl halides is 3. The smallest absolute Gasteiger partial charge is 0.379 e. The highest BCUT2D eigenvalue weighted by atomic mass is 35.5. The standard InChI is InChI=1S/C17H16ClF3N4O/c18-16-15-14(22-10-23-16)12-7-11(8-24-3-5-26-6-4-24)1-2-13(12)25(15)9-17(19,20)21/h1-2,7,10H,3-6,8-9H2. The van der Waals surface area contributed by atoms with E-state index in [0.717, 1.165) is 23.2 Å². The Bertz CT molecular complexity index is 950. The zero-order valence-electron chi connectivity index (χ0n) is 13.8. The molecule has 4 rings (SSSR count). The molecule has 138 valence electrons. The maximum Gasteiger partial charge on any atom is 0.406 e. The molecule has 1 aromatic carbocycles. The van der Waals surface area contributed by atoms with Crippen LogP contribution in [0.25, 0.3) is 21.9 Å². The fourth-order valence-electron chi connectivity index (χ4n) is 3.38. The van der Waals surface area contributed by atoms with Gasteiger partial charge in [0, 0.05) is 25.0 Å². The summed E-state index contributed by atoms with van der Waals surface area (Å²) in [5, 5.41) is 0.671. The third-order valence-corrected chi connectivity index (χ3v) is 4.78. The lowest BCUT2D eigenvalue weighted by Gasteiger charge is -2.26. The lowest BCUT2D eigenvalue weighted by Crippen LogP contribution is -2.35. The first kappa shape index (κ1) is 17.5. The molecule has 1 aliphatic rings. The van der Waals surface area contributed by atoms with E-state index in [4.69, 9.17) is 16.3 Å². The molecule has 1 fully saturated rings. The Balaban J connectivity index is 1.82. The quantitative estimate of drug-likeness (QED) is 0.647. The van der Waals surface area contributed by atoms with Gasteiger partial charge in [0.2, 0.25) is 0 Å². The fraction of sp³-hybridized carbons (Fsp3) is 0.412. The molecule has 3 heterocycles. The molecule has 0 aliphatic carbocycles. The van der Waals surface area contributed by atoms with Crippen molar-refractivity contribution >= 4 is 33.5 Å². The Morgan fingerprint density at radius 3 is 2.65 bits per heavy atom. The highest BCUT2D eigenvalue weighted by Crippen LogP contribution is 2.34. The van der Waals surface area contributed by atoms with Crippen LogP contribution in [0.3, 0.4) is 0 Å². The second kappa shape index (κ2) is 6.68. The number of halogens is 4. The predicted molar refractivity (Wildman–Crippen MR) is 92.2 cm³/mol. The minimum Gasteiger partial charge on any atom is -0.379 e. The third-order valence-electron chi connectivity index (χ3n) is 4.50. The highest BCUT2D eigenvalue weighted by Gasteiger charge is 2.30. The normalized spacial score (nSPS) is 16.6. The molecule has 3 aromatic rings.